The Bertz CT molecular complexity index is 1280. The van der Waals surface area contributed by atoms with E-state index in [1.807, 2.05) is 11.8 Å². The Morgan fingerprint density at radius 3 is 2.86 bits per heavy atom. The summed E-state index contributed by atoms with van der Waals surface area (Å²) in [6.45, 7) is 2.52. The summed E-state index contributed by atoms with van der Waals surface area (Å²) in [5, 5.41) is 15.6. The van der Waals surface area contributed by atoms with Crippen LogP contribution in [0.15, 0.2) is 41.9 Å². The van der Waals surface area contributed by atoms with E-state index < -0.39 is 23.5 Å². The summed E-state index contributed by atoms with van der Waals surface area (Å²) in [6, 6.07) is 7.21. The van der Waals surface area contributed by atoms with E-state index in [4.69, 9.17) is 0 Å². The van der Waals surface area contributed by atoms with Crippen LogP contribution in [-0.2, 0) is 17.8 Å². The van der Waals surface area contributed by atoms with Crippen LogP contribution in [-0.4, -0.2) is 44.8 Å². The lowest BCUT2D eigenvalue weighted by atomic mass is 9.72. The van der Waals surface area contributed by atoms with Crippen LogP contribution in [0.25, 0.3) is 0 Å². The van der Waals surface area contributed by atoms with Crippen molar-refractivity contribution in [2.45, 2.75) is 45.1 Å². The number of pyridine rings is 1. The lowest BCUT2D eigenvalue weighted by Gasteiger charge is -2.43. The molecule has 0 radical (unpaired) electrons. The van der Waals surface area contributed by atoms with Gasteiger partial charge in [-0.1, -0.05) is 12.1 Å². The topological polar surface area (TPSA) is 96.8 Å². The molecular weight excluding hydrogens is 497 g/mol. The van der Waals surface area contributed by atoms with E-state index in [0.717, 1.165) is 0 Å². The zero-order valence-electron chi connectivity index (χ0n) is 19.2. The molecule has 3 aromatic rings. The highest BCUT2D eigenvalue weighted by atomic mass is 32.1. The van der Waals surface area contributed by atoms with Crippen molar-refractivity contribution < 1.29 is 32.5 Å². The number of likely N-dealkylation sites (tertiary alicyclic amines) is 1. The predicted octanol–water partition coefficient (Wildman–Crippen LogP) is 5.04. The molecule has 2 unspecified atom stereocenters. The van der Waals surface area contributed by atoms with Crippen molar-refractivity contribution >= 4 is 28.3 Å². The Morgan fingerprint density at radius 2 is 2.14 bits per heavy atom. The van der Waals surface area contributed by atoms with Gasteiger partial charge in [0.1, 0.15) is 11.6 Å². The van der Waals surface area contributed by atoms with Gasteiger partial charge in [0, 0.05) is 36.1 Å². The molecule has 2 aliphatic heterocycles. The van der Waals surface area contributed by atoms with E-state index in [0.29, 0.717) is 23.1 Å². The van der Waals surface area contributed by atoms with Gasteiger partial charge in [0.2, 0.25) is 0 Å². The molecule has 12 heteroatoms. The number of carboxylic acid groups (broad SMARTS) is 1. The minimum Gasteiger partial charge on any atom is -0.481 e. The highest BCUT2D eigenvalue weighted by Gasteiger charge is 2.47. The number of aromatic nitrogens is 2. The molecule has 2 N–H and O–H groups in total. The first-order valence-electron chi connectivity index (χ1n) is 11.3. The van der Waals surface area contributed by atoms with Crippen molar-refractivity contribution in [3.63, 3.8) is 0 Å². The first-order valence-corrected chi connectivity index (χ1v) is 12.2. The third-order valence-corrected chi connectivity index (χ3v) is 7.30. The molecule has 2 atom stereocenters. The van der Waals surface area contributed by atoms with Crippen LogP contribution in [0, 0.1) is 11.2 Å². The molecule has 2 aromatic heterocycles. The van der Waals surface area contributed by atoms with E-state index in [-0.39, 0.29) is 49.0 Å². The van der Waals surface area contributed by atoms with Gasteiger partial charge in [-0.15, -0.1) is 20.1 Å². The first kappa shape index (κ1) is 24.3. The fraction of sp³-hybridized carbons (Fsp3) is 0.375. The molecule has 0 bridgehead atoms. The molecule has 5 rings (SSSR count). The number of para-hydroxylation sites is 1. The van der Waals surface area contributed by atoms with Crippen LogP contribution in [0.1, 0.15) is 31.0 Å². The van der Waals surface area contributed by atoms with Crippen molar-refractivity contribution in [3.05, 3.63) is 59.0 Å². The fourth-order valence-electron chi connectivity index (χ4n) is 4.80. The highest BCUT2D eigenvalue weighted by molar-refractivity contribution is 7.13. The van der Waals surface area contributed by atoms with Crippen molar-refractivity contribution in [2.24, 2.45) is 5.41 Å². The largest absolute Gasteiger partial charge is 0.586 e. The number of hydrogen-bond donors (Lipinski definition) is 2. The molecule has 1 saturated heterocycles. The fourth-order valence-corrected chi connectivity index (χ4v) is 5.34. The van der Waals surface area contributed by atoms with Gasteiger partial charge in [-0.05, 0) is 44.5 Å². The quantitative estimate of drug-likeness (QED) is 0.447. The average Bonchev–Trinajstić information content (AvgIpc) is 3.44. The number of thiazole rings is 1. The zero-order chi connectivity index (χ0) is 25.5. The van der Waals surface area contributed by atoms with Crippen LogP contribution in [0.2, 0.25) is 0 Å². The highest BCUT2D eigenvalue weighted by Crippen LogP contribution is 2.45. The summed E-state index contributed by atoms with van der Waals surface area (Å²) in [7, 11) is 0. The lowest BCUT2D eigenvalue weighted by molar-refractivity contribution is -0.287. The average molecular weight is 521 g/mol. The van der Waals surface area contributed by atoms with E-state index >= 15 is 0 Å². The smallest absolute Gasteiger partial charge is 0.481 e. The number of piperidine rings is 1. The molecule has 1 fully saturated rings. The number of ether oxygens (including phenoxy) is 2. The van der Waals surface area contributed by atoms with Gasteiger partial charge >= 0.3 is 12.3 Å². The molecule has 2 aliphatic rings. The van der Waals surface area contributed by atoms with Crippen molar-refractivity contribution in [1.29, 1.82) is 0 Å². The van der Waals surface area contributed by atoms with Gasteiger partial charge in [-0.25, -0.2) is 14.4 Å². The number of rotatable bonds is 7. The van der Waals surface area contributed by atoms with Gasteiger partial charge in [0.05, 0.1) is 11.1 Å². The maximum Gasteiger partial charge on any atom is 0.586 e. The second-order valence-electron chi connectivity index (χ2n) is 9.04. The maximum absolute atomic E-state index is 14.7. The molecular formula is C24H23F3N4O4S. The summed E-state index contributed by atoms with van der Waals surface area (Å²) in [5.41, 5.74) is -0.643. The number of nitrogens with zero attached hydrogens (tertiary/aromatic N) is 3. The van der Waals surface area contributed by atoms with Crippen molar-refractivity contribution in [3.8, 4) is 11.5 Å². The van der Waals surface area contributed by atoms with Crippen LogP contribution < -0.4 is 14.8 Å². The number of fused-ring (bicyclic) bond motifs is 1. The Hall–Kier alpha value is -3.38. The number of nitrogens with one attached hydrogen (secondary N) is 1. The second kappa shape index (κ2) is 9.25. The Kier molecular flexibility index (Phi) is 6.25. The Morgan fingerprint density at radius 1 is 1.31 bits per heavy atom. The molecule has 0 saturated carbocycles. The standard InChI is InChI=1S/C24H23F3N4O4S/c1-14-11-23(21(32)33,12-17-16(25)5-6-19(29-17)30-22-28-8-10-36-22)7-9-31(14)13-15-3-2-4-18-20(15)35-24(26,27)34-18/h2-6,8,10,14H,7,9,11-13H2,1H3,(H,32,33)(H,28,29,30). The van der Waals surface area contributed by atoms with Gasteiger partial charge in [0.15, 0.2) is 16.6 Å². The van der Waals surface area contributed by atoms with Gasteiger partial charge in [0.25, 0.3) is 0 Å². The third kappa shape index (κ3) is 4.82. The van der Waals surface area contributed by atoms with Crippen molar-refractivity contribution in [1.82, 2.24) is 14.9 Å². The number of halogens is 3. The number of carbonyl (C=O) groups is 1. The molecule has 190 valence electrons. The van der Waals surface area contributed by atoms with Crippen LogP contribution in [0.5, 0.6) is 11.5 Å². The van der Waals surface area contributed by atoms with Gasteiger partial charge in [-0.2, -0.15) is 0 Å². The number of benzene rings is 1. The van der Waals surface area contributed by atoms with Gasteiger partial charge in [-0.3, -0.25) is 9.69 Å². The number of hydrogen-bond acceptors (Lipinski definition) is 8. The van der Waals surface area contributed by atoms with E-state index in [2.05, 4.69) is 24.8 Å². The normalized spacial score (nSPS) is 22.9. The number of alkyl halides is 2. The van der Waals surface area contributed by atoms with Crippen molar-refractivity contribution in [2.75, 3.05) is 11.9 Å². The minimum atomic E-state index is -3.72. The van der Waals surface area contributed by atoms with E-state index in [9.17, 15) is 23.1 Å². The molecule has 0 amide bonds. The van der Waals surface area contributed by atoms with Crippen LogP contribution >= 0.6 is 11.3 Å². The second-order valence-corrected chi connectivity index (χ2v) is 9.93. The van der Waals surface area contributed by atoms with E-state index in [1.54, 1.807) is 23.7 Å². The molecule has 36 heavy (non-hydrogen) atoms. The van der Waals surface area contributed by atoms with Crippen LogP contribution in [0.3, 0.4) is 0 Å². The summed E-state index contributed by atoms with van der Waals surface area (Å²) >= 11 is 1.36. The summed E-state index contributed by atoms with van der Waals surface area (Å²) < 4.78 is 51.1. The minimum absolute atomic E-state index is 0.0133. The Labute approximate surface area is 208 Å². The van der Waals surface area contributed by atoms with E-state index in [1.165, 1.54) is 29.5 Å². The first-order chi connectivity index (χ1) is 17.1. The molecule has 8 nitrogen and oxygen atoms in total. The zero-order valence-corrected chi connectivity index (χ0v) is 20.0. The SMILES string of the molecule is CC1CC(Cc2nc(Nc3nccs3)ccc2F)(C(=O)O)CCN1Cc1cccc2c1OC(F)(F)O2. The monoisotopic (exact) mass is 520 g/mol. The molecule has 4 heterocycles. The number of aliphatic carboxylic acids is 1. The maximum atomic E-state index is 14.7. The van der Waals surface area contributed by atoms with Crippen LogP contribution in [0.4, 0.5) is 24.1 Å². The van der Waals surface area contributed by atoms with Gasteiger partial charge < -0.3 is 19.9 Å². The number of carboxylic acids is 1. The molecule has 1 aromatic carbocycles. The number of anilines is 2. The summed E-state index contributed by atoms with van der Waals surface area (Å²) in [4.78, 5) is 22.9. The molecule has 0 aliphatic carbocycles. The summed E-state index contributed by atoms with van der Waals surface area (Å²) in [6.07, 6.45) is -1.70. The Balaban J connectivity index is 1.32. The summed E-state index contributed by atoms with van der Waals surface area (Å²) in [5.74, 6) is -1.27. The predicted molar refractivity (Wildman–Crippen MR) is 125 cm³/mol. The molecule has 0 spiro atoms. The lowest BCUT2D eigenvalue weighted by Crippen LogP contribution is -2.49. The third-order valence-electron chi connectivity index (χ3n) is 6.62.